The average molecular weight is 348 g/mol. The van der Waals surface area contributed by atoms with Crippen LogP contribution in [0.4, 0.5) is 0 Å². The van der Waals surface area contributed by atoms with E-state index in [0.717, 1.165) is 12.1 Å². The SMILES string of the molecule is COc1ccc2c(=O)c(-c3ccc(O)c(S(=O)(=O)O)c3)coc2c1. The number of aromatic hydroxyl groups is 1. The zero-order chi connectivity index (χ0) is 17.5. The summed E-state index contributed by atoms with van der Waals surface area (Å²) in [5.41, 5.74) is 0.215. The molecule has 0 atom stereocenters. The second-order valence-electron chi connectivity index (χ2n) is 5.00. The van der Waals surface area contributed by atoms with Gasteiger partial charge < -0.3 is 14.3 Å². The second-order valence-corrected chi connectivity index (χ2v) is 6.39. The fourth-order valence-electron chi connectivity index (χ4n) is 2.32. The third-order valence-corrected chi connectivity index (χ3v) is 4.41. The zero-order valence-electron chi connectivity index (χ0n) is 12.4. The quantitative estimate of drug-likeness (QED) is 0.699. The molecule has 3 rings (SSSR count). The van der Waals surface area contributed by atoms with Crippen molar-refractivity contribution in [2.24, 2.45) is 0 Å². The van der Waals surface area contributed by atoms with Gasteiger partial charge in [0, 0.05) is 6.07 Å². The van der Waals surface area contributed by atoms with Crippen LogP contribution in [-0.2, 0) is 10.1 Å². The first-order valence-electron chi connectivity index (χ1n) is 6.71. The van der Waals surface area contributed by atoms with Crippen molar-refractivity contribution < 1.29 is 27.2 Å². The van der Waals surface area contributed by atoms with E-state index in [1.807, 2.05) is 0 Å². The number of hydrogen-bond acceptors (Lipinski definition) is 6. The smallest absolute Gasteiger partial charge is 0.298 e. The molecule has 7 nitrogen and oxygen atoms in total. The Labute approximate surface area is 136 Å². The molecule has 0 aliphatic rings. The van der Waals surface area contributed by atoms with Gasteiger partial charge in [0.05, 0.1) is 18.1 Å². The van der Waals surface area contributed by atoms with Crippen molar-refractivity contribution >= 4 is 21.1 Å². The highest BCUT2D eigenvalue weighted by Gasteiger charge is 2.18. The number of ether oxygens (including phenoxy) is 1. The first kappa shape index (κ1) is 16.0. The third kappa shape index (κ3) is 2.72. The van der Waals surface area contributed by atoms with Gasteiger partial charge in [-0.1, -0.05) is 6.07 Å². The molecular weight excluding hydrogens is 336 g/mol. The van der Waals surface area contributed by atoms with Gasteiger partial charge >= 0.3 is 0 Å². The summed E-state index contributed by atoms with van der Waals surface area (Å²) in [6, 6.07) is 8.13. The van der Waals surface area contributed by atoms with Crippen molar-refractivity contribution in [3.8, 4) is 22.6 Å². The highest BCUT2D eigenvalue weighted by molar-refractivity contribution is 7.86. The molecule has 8 heteroatoms. The van der Waals surface area contributed by atoms with Crippen LogP contribution in [0.2, 0.25) is 0 Å². The van der Waals surface area contributed by atoms with E-state index in [2.05, 4.69) is 0 Å². The standard InChI is InChI=1S/C16H12O7S/c1-22-10-3-4-11-14(7-10)23-8-12(16(11)18)9-2-5-13(17)15(6-9)24(19,20)21/h2-8,17H,1H3,(H,19,20,21). The highest BCUT2D eigenvalue weighted by atomic mass is 32.2. The number of methoxy groups -OCH3 is 1. The van der Waals surface area contributed by atoms with Crippen LogP contribution in [0.25, 0.3) is 22.1 Å². The maximum Gasteiger partial charge on any atom is 0.298 e. The van der Waals surface area contributed by atoms with Crippen molar-refractivity contribution in [1.82, 2.24) is 0 Å². The van der Waals surface area contributed by atoms with Crippen LogP contribution in [0.1, 0.15) is 0 Å². The van der Waals surface area contributed by atoms with Gasteiger partial charge in [0.25, 0.3) is 10.1 Å². The van der Waals surface area contributed by atoms with Crippen molar-refractivity contribution in [2.45, 2.75) is 4.90 Å². The lowest BCUT2D eigenvalue weighted by Gasteiger charge is -2.07. The highest BCUT2D eigenvalue weighted by Crippen LogP contribution is 2.29. The summed E-state index contributed by atoms with van der Waals surface area (Å²) in [5, 5.41) is 9.85. The third-order valence-electron chi connectivity index (χ3n) is 3.53. The van der Waals surface area contributed by atoms with E-state index >= 15 is 0 Å². The van der Waals surface area contributed by atoms with Crippen LogP contribution in [0.5, 0.6) is 11.5 Å². The Morgan fingerprint density at radius 1 is 1.12 bits per heavy atom. The topological polar surface area (TPSA) is 114 Å². The molecule has 1 heterocycles. The number of hydrogen-bond donors (Lipinski definition) is 2. The molecule has 0 aliphatic heterocycles. The molecule has 24 heavy (non-hydrogen) atoms. The molecule has 3 aromatic rings. The molecule has 124 valence electrons. The Morgan fingerprint density at radius 2 is 1.88 bits per heavy atom. The Kier molecular flexibility index (Phi) is 3.78. The number of phenolic OH excluding ortho intramolecular Hbond substituents is 1. The van der Waals surface area contributed by atoms with E-state index in [4.69, 9.17) is 13.7 Å². The summed E-state index contributed by atoms with van der Waals surface area (Å²) < 4.78 is 42.2. The molecule has 1 aromatic heterocycles. The first-order chi connectivity index (χ1) is 11.3. The molecule has 0 unspecified atom stereocenters. The van der Waals surface area contributed by atoms with Crippen molar-refractivity contribution in [1.29, 1.82) is 0 Å². The maximum absolute atomic E-state index is 12.6. The fourth-order valence-corrected chi connectivity index (χ4v) is 2.93. The summed E-state index contributed by atoms with van der Waals surface area (Å²) in [6.45, 7) is 0. The van der Waals surface area contributed by atoms with Gasteiger partial charge in [-0.15, -0.1) is 0 Å². The van der Waals surface area contributed by atoms with Crippen molar-refractivity contribution in [3.63, 3.8) is 0 Å². The number of rotatable bonds is 3. The van der Waals surface area contributed by atoms with Gasteiger partial charge in [-0.05, 0) is 29.8 Å². The predicted octanol–water partition coefficient (Wildman–Crippen LogP) is 2.42. The largest absolute Gasteiger partial charge is 0.506 e. The molecule has 0 bridgehead atoms. The van der Waals surface area contributed by atoms with Crippen LogP contribution >= 0.6 is 0 Å². The van der Waals surface area contributed by atoms with Crippen LogP contribution in [0.15, 0.2) is 56.8 Å². The molecular formula is C16H12O7S. The molecule has 2 aromatic carbocycles. The number of phenols is 1. The van der Waals surface area contributed by atoms with E-state index in [0.29, 0.717) is 11.3 Å². The summed E-state index contributed by atoms with van der Waals surface area (Å²) in [5.74, 6) is -0.0899. The molecule has 0 aliphatic carbocycles. The molecule has 0 spiro atoms. The van der Waals surface area contributed by atoms with E-state index < -0.39 is 20.8 Å². The summed E-state index contributed by atoms with van der Waals surface area (Å²) >= 11 is 0. The van der Waals surface area contributed by atoms with E-state index in [9.17, 15) is 18.3 Å². The lowest BCUT2D eigenvalue weighted by molar-refractivity contribution is 0.414. The fraction of sp³-hybridized carbons (Fsp3) is 0.0625. The molecule has 0 saturated heterocycles. The maximum atomic E-state index is 12.6. The lowest BCUT2D eigenvalue weighted by Crippen LogP contribution is -2.06. The van der Waals surface area contributed by atoms with Gasteiger partial charge in [0.1, 0.15) is 28.2 Å². The van der Waals surface area contributed by atoms with Gasteiger partial charge in [0.15, 0.2) is 5.43 Å². The Hall–Kier alpha value is -2.84. The Morgan fingerprint density at radius 3 is 2.54 bits per heavy atom. The van der Waals surface area contributed by atoms with Gasteiger partial charge in [-0.3, -0.25) is 9.35 Å². The molecule has 2 N–H and O–H groups in total. The van der Waals surface area contributed by atoms with Crippen LogP contribution in [0, 0.1) is 0 Å². The Balaban J connectivity index is 2.24. The van der Waals surface area contributed by atoms with E-state index in [1.54, 1.807) is 12.1 Å². The monoisotopic (exact) mass is 348 g/mol. The second kappa shape index (κ2) is 5.66. The lowest BCUT2D eigenvalue weighted by atomic mass is 10.1. The average Bonchev–Trinajstić information content (AvgIpc) is 2.54. The molecule has 0 amide bonds. The zero-order valence-corrected chi connectivity index (χ0v) is 13.2. The first-order valence-corrected chi connectivity index (χ1v) is 8.15. The van der Waals surface area contributed by atoms with E-state index in [1.165, 1.54) is 25.5 Å². The normalized spacial score (nSPS) is 11.6. The van der Waals surface area contributed by atoms with Crippen LogP contribution < -0.4 is 10.2 Å². The number of benzene rings is 2. The summed E-state index contributed by atoms with van der Waals surface area (Å²) in [6.07, 6.45) is 1.18. The molecule has 0 saturated carbocycles. The minimum absolute atomic E-state index is 0.0950. The van der Waals surface area contributed by atoms with Crippen LogP contribution in [-0.4, -0.2) is 25.2 Å². The van der Waals surface area contributed by atoms with Crippen molar-refractivity contribution in [2.75, 3.05) is 7.11 Å². The predicted molar refractivity (Wildman–Crippen MR) is 86.0 cm³/mol. The minimum Gasteiger partial charge on any atom is -0.506 e. The Bertz CT molecular complexity index is 1100. The summed E-state index contributed by atoms with van der Waals surface area (Å²) in [7, 11) is -3.14. The van der Waals surface area contributed by atoms with Crippen LogP contribution in [0.3, 0.4) is 0 Å². The summed E-state index contributed by atoms with van der Waals surface area (Å²) in [4.78, 5) is 11.9. The van der Waals surface area contributed by atoms with E-state index in [-0.39, 0.29) is 21.9 Å². The van der Waals surface area contributed by atoms with Gasteiger partial charge in [-0.25, -0.2) is 0 Å². The van der Waals surface area contributed by atoms with Gasteiger partial charge in [0.2, 0.25) is 0 Å². The minimum atomic E-state index is -4.63. The number of fused-ring (bicyclic) bond motifs is 1. The van der Waals surface area contributed by atoms with Crippen molar-refractivity contribution in [3.05, 3.63) is 52.9 Å². The molecule has 0 fully saturated rings. The molecule has 0 radical (unpaired) electrons. The van der Waals surface area contributed by atoms with Gasteiger partial charge in [-0.2, -0.15) is 8.42 Å².